The molecule has 2 aromatic carbocycles. The molecule has 144 valence electrons. The van der Waals surface area contributed by atoms with E-state index < -0.39 is 22.0 Å². The van der Waals surface area contributed by atoms with Crippen LogP contribution in [-0.2, 0) is 14.8 Å². The highest BCUT2D eigenvalue weighted by molar-refractivity contribution is 9.10. The second-order valence-corrected chi connectivity index (χ2v) is 7.95. The van der Waals surface area contributed by atoms with E-state index in [-0.39, 0.29) is 17.1 Å². The molecule has 0 aliphatic carbocycles. The third-order valence-corrected chi connectivity index (χ3v) is 5.38. The van der Waals surface area contributed by atoms with Crippen molar-refractivity contribution in [2.75, 3.05) is 11.3 Å². The number of carbonyl (C=O) groups excluding carboxylic acids is 2. The maximum absolute atomic E-state index is 12.6. The molecule has 2 aromatic rings. The van der Waals surface area contributed by atoms with Crippen LogP contribution >= 0.6 is 15.9 Å². The zero-order chi connectivity index (χ0) is 20.0. The molecule has 0 bridgehead atoms. The van der Waals surface area contributed by atoms with Crippen LogP contribution < -0.4 is 15.6 Å². The van der Waals surface area contributed by atoms with Crippen LogP contribution in [0, 0.1) is 6.92 Å². The first-order valence-corrected chi connectivity index (χ1v) is 10.1. The van der Waals surface area contributed by atoms with Crippen molar-refractivity contribution in [2.45, 2.75) is 18.7 Å². The molecule has 0 heterocycles. The van der Waals surface area contributed by atoms with Crippen molar-refractivity contribution in [2.24, 2.45) is 0 Å². The Balaban J connectivity index is 2.19. The van der Waals surface area contributed by atoms with Crippen LogP contribution in [0.4, 0.5) is 10.5 Å². The Labute approximate surface area is 165 Å². The highest BCUT2D eigenvalue weighted by Crippen LogP contribution is 2.26. The van der Waals surface area contributed by atoms with Gasteiger partial charge in [0.1, 0.15) is 0 Å². The Hall–Kier alpha value is -2.59. The van der Waals surface area contributed by atoms with Crippen LogP contribution in [0.2, 0.25) is 0 Å². The van der Waals surface area contributed by atoms with Gasteiger partial charge in [-0.05, 0) is 65.7 Å². The molecule has 0 aromatic heterocycles. The normalized spacial score (nSPS) is 10.8. The quantitative estimate of drug-likeness (QED) is 0.599. The molecule has 2 rings (SSSR count). The third-order valence-electron chi connectivity index (χ3n) is 3.33. The molecule has 0 radical (unpaired) electrons. The molecule has 8 nitrogen and oxygen atoms in total. The van der Waals surface area contributed by atoms with Crippen LogP contribution in [0.25, 0.3) is 0 Å². The van der Waals surface area contributed by atoms with Crippen molar-refractivity contribution < 1.29 is 22.7 Å². The highest BCUT2D eigenvalue weighted by atomic mass is 79.9. The Bertz CT molecular complexity index is 963. The summed E-state index contributed by atoms with van der Waals surface area (Å²) in [6, 6.07) is 10.7. The summed E-state index contributed by atoms with van der Waals surface area (Å²) >= 11 is 3.30. The lowest BCUT2D eigenvalue weighted by Gasteiger charge is -2.12. The van der Waals surface area contributed by atoms with E-state index in [4.69, 9.17) is 0 Å². The fourth-order valence-electron chi connectivity index (χ4n) is 2.07. The van der Waals surface area contributed by atoms with Crippen LogP contribution in [0.3, 0.4) is 0 Å². The first kappa shape index (κ1) is 20.7. The number of benzene rings is 2. The standard InChI is InChI=1S/C17H18BrN3O5S/c1-3-26-17(23)20-19-16(22)12-5-4-6-13(10-12)27(24,25)21-15-9-11(2)7-8-14(15)18/h4-10,21H,3H2,1-2H3,(H,19,22)(H,20,23). The van der Waals surface area contributed by atoms with E-state index in [2.05, 4.69) is 36.2 Å². The number of ether oxygens (including phenoxy) is 1. The smallest absolute Gasteiger partial charge is 0.426 e. The second-order valence-electron chi connectivity index (χ2n) is 5.42. The lowest BCUT2D eigenvalue weighted by Crippen LogP contribution is -2.41. The fourth-order valence-corrected chi connectivity index (χ4v) is 3.67. The first-order chi connectivity index (χ1) is 12.7. The predicted molar refractivity (Wildman–Crippen MR) is 104 cm³/mol. The molecular weight excluding hydrogens is 438 g/mol. The molecule has 2 amide bonds. The van der Waals surface area contributed by atoms with E-state index in [9.17, 15) is 18.0 Å². The van der Waals surface area contributed by atoms with Crippen molar-refractivity contribution in [3.8, 4) is 0 Å². The molecule has 0 saturated heterocycles. The third kappa shape index (κ3) is 5.69. The molecule has 0 saturated carbocycles. The number of hydrogen-bond acceptors (Lipinski definition) is 5. The number of nitrogens with one attached hydrogen (secondary N) is 3. The zero-order valence-electron chi connectivity index (χ0n) is 14.6. The van der Waals surface area contributed by atoms with E-state index in [1.54, 1.807) is 19.1 Å². The number of halogens is 1. The van der Waals surface area contributed by atoms with Gasteiger partial charge in [-0.25, -0.2) is 18.6 Å². The summed E-state index contributed by atoms with van der Waals surface area (Å²) in [6.07, 6.45) is -0.819. The van der Waals surface area contributed by atoms with Crippen molar-refractivity contribution in [3.63, 3.8) is 0 Å². The van der Waals surface area contributed by atoms with E-state index in [0.29, 0.717) is 10.2 Å². The molecule has 0 atom stereocenters. The maximum atomic E-state index is 12.6. The molecule has 10 heteroatoms. The van der Waals surface area contributed by atoms with Crippen LogP contribution in [0.5, 0.6) is 0 Å². The molecule has 0 aliphatic rings. The highest BCUT2D eigenvalue weighted by Gasteiger charge is 2.18. The minimum atomic E-state index is -3.92. The summed E-state index contributed by atoms with van der Waals surface area (Å²) < 4.78 is 33.0. The molecular formula is C17H18BrN3O5S. The lowest BCUT2D eigenvalue weighted by atomic mass is 10.2. The summed E-state index contributed by atoms with van der Waals surface area (Å²) in [5.41, 5.74) is 5.52. The van der Waals surface area contributed by atoms with Gasteiger partial charge in [0.25, 0.3) is 15.9 Å². The summed E-state index contributed by atoms with van der Waals surface area (Å²) in [5, 5.41) is 0. The van der Waals surface area contributed by atoms with Gasteiger partial charge in [-0.2, -0.15) is 0 Å². The average Bonchev–Trinajstić information content (AvgIpc) is 2.63. The lowest BCUT2D eigenvalue weighted by molar-refractivity contribution is 0.0912. The summed E-state index contributed by atoms with van der Waals surface area (Å²) in [6.45, 7) is 3.61. The zero-order valence-corrected chi connectivity index (χ0v) is 17.0. The van der Waals surface area contributed by atoms with Crippen molar-refractivity contribution >= 4 is 43.6 Å². The van der Waals surface area contributed by atoms with Crippen LogP contribution in [0.15, 0.2) is 51.8 Å². The van der Waals surface area contributed by atoms with Crippen LogP contribution in [-0.4, -0.2) is 27.0 Å². The number of amides is 2. The Kier molecular flexibility index (Phi) is 6.81. The number of carbonyl (C=O) groups is 2. The number of hydrogen-bond donors (Lipinski definition) is 3. The molecule has 0 aliphatic heterocycles. The minimum absolute atomic E-state index is 0.0537. The van der Waals surface area contributed by atoms with Crippen LogP contribution in [0.1, 0.15) is 22.8 Å². The fraction of sp³-hybridized carbons (Fsp3) is 0.176. The maximum Gasteiger partial charge on any atom is 0.426 e. The summed E-state index contributed by atoms with van der Waals surface area (Å²) in [5.74, 6) is -0.683. The van der Waals surface area contributed by atoms with Crippen molar-refractivity contribution in [1.29, 1.82) is 0 Å². The monoisotopic (exact) mass is 455 g/mol. The average molecular weight is 456 g/mol. The molecule has 0 fully saturated rings. The Morgan fingerprint density at radius 3 is 2.56 bits per heavy atom. The van der Waals surface area contributed by atoms with E-state index in [1.165, 1.54) is 24.3 Å². The Morgan fingerprint density at radius 1 is 1.11 bits per heavy atom. The number of sulfonamides is 1. The van der Waals surface area contributed by atoms with Gasteiger partial charge in [-0.15, -0.1) is 0 Å². The van der Waals surface area contributed by atoms with E-state index >= 15 is 0 Å². The summed E-state index contributed by atoms with van der Waals surface area (Å²) in [4.78, 5) is 23.2. The van der Waals surface area contributed by atoms with Gasteiger partial charge in [0.05, 0.1) is 17.2 Å². The van der Waals surface area contributed by atoms with Crippen molar-refractivity contribution in [3.05, 3.63) is 58.1 Å². The largest absolute Gasteiger partial charge is 0.449 e. The molecule has 3 N–H and O–H groups in total. The van der Waals surface area contributed by atoms with Gasteiger partial charge < -0.3 is 4.74 Å². The minimum Gasteiger partial charge on any atom is -0.449 e. The number of rotatable bonds is 5. The SMILES string of the molecule is CCOC(=O)NNC(=O)c1cccc(S(=O)(=O)Nc2cc(C)ccc2Br)c1. The molecule has 27 heavy (non-hydrogen) atoms. The van der Waals surface area contributed by atoms with Gasteiger partial charge in [-0.3, -0.25) is 14.9 Å². The van der Waals surface area contributed by atoms with Gasteiger partial charge in [0.2, 0.25) is 0 Å². The predicted octanol–water partition coefficient (Wildman–Crippen LogP) is 2.95. The van der Waals surface area contributed by atoms with E-state index in [0.717, 1.165) is 5.56 Å². The topological polar surface area (TPSA) is 114 Å². The Morgan fingerprint density at radius 2 is 1.85 bits per heavy atom. The van der Waals surface area contributed by atoms with E-state index in [1.807, 2.05) is 13.0 Å². The molecule has 0 spiro atoms. The van der Waals surface area contributed by atoms with Gasteiger partial charge in [0.15, 0.2) is 0 Å². The van der Waals surface area contributed by atoms with Gasteiger partial charge in [0, 0.05) is 10.0 Å². The molecule has 0 unspecified atom stereocenters. The van der Waals surface area contributed by atoms with Crippen molar-refractivity contribution in [1.82, 2.24) is 10.9 Å². The first-order valence-electron chi connectivity index (χ1n) is 7.85. The van der Waals surface area contributed by atoms with Gasteiger partial charge in [-0.1, -0.05) is 12.1 Å². The number of anilines is 1. The number of aryl methyl sites for hydroxylation is 1. The summed E-state index contributed by atoms with van der Waals surface area (Å²) in [7, 11) is -3.92. The number of hydrazine groups is 1. The van der Waals surface area contributed by atoms with Gasteiger partial charge >= 0.3 is 6.09 Å². The second kappa shape index (κ2) is 8.87.